The van der Waals surface area contributed by atoms with Gasteiger partial charge in [-0.15, -0.1) is 0 Å². The number of aromatic nitrogens is 1. The highest BCUT2D eigenvalue weighted by molar-refractivity contribution is 7.80. The average Bonchev–Trinajstić information content (AvgIpc) is 3.17. The average molecular weight is 509 g/mol. The van der Waals surface area contributed by atoms with Crippen LogP contribution in [0.5, 0.6) is 0 Å². The molecule has 4 aromatic rings. The van der Waals surface area contributed by atoms with E-state index in [1.807, 2.05) is 30.3 Å². The number of hydrazine groups is 1. The number of imide groups is 1. The van der Waals surface area contributed by atoms with Gasteiger partial charge in [-0.3, -0.25) is 35.1 Å². The van der Waals surface area contributed by atoms with Crippen LogP contribution in [-0.2, 0) is 6.42 Å². The summed E-state index contributed by atoms with van der Waals surface area (Å²) in [7, 11) is 0. The summed E-state index contributed by atoms with van der Waals surface area (Å²) in [5, 5.41) is 4.80. The predicted molar refractivity (Wildman–Crippen MR) is 143 cm³/mol. The first-order chi connectivity index (χ1) is 18.0. The van der Waals surface area contributed by atoms with Crippen molar-refractivity contribution >= 4 is 45.8 Å². The number of fused-ring (bicyclic) bond motifs is 2. The number of benzene rings is 3. The molecule has 9 heteroatoms. The van der Waals surface area contributed by atoms with Crippen LogP contribution in [0.3, 0.4) is 0 Å². The Morgan fingerprint density at radius 3 is 2.38 bits per heavy atom. The van der Waals surface area contributed by atoms with Gasteiger partial charge < -0.3 is 5.32 Å². The highest BCUT2D eigenvalue weighted by Crippen LogP contribution is 2.23. The molecule has 1 aromatic heterocycles. The van der Waals surface area contributed by atoms with E-state index in [4.69, 9.17) is 12.2 Å². The molecule has 0 spiro atoms. The van der Waals surface area contributed by atoms with Gasteiger partial charge in [0.25, 0.3) is 17.7 Å². The fourth-order valence-corrected chi connectivity index (χ4v) is 4.54. The number of nitrogens with zero attached hydrogens (tertiary/aromatic N) is 2. The molecule has 0 fully saturated rings. The summed E-state index contributed by atoms with van der Waals surface area (Å²) < 4.78 is 0. The Labute approximate surface area is 218 Å². The van der Waals surface area contributed by atoms with Crippen LogP contribution >= 0.6 is 12.2 Å². The first-order valence-corrected chi connectivity index (χ1v) is 12.0. The summed E-state index contributed by atoms with van der Waals surface area (Å²) >= 11 is 5.43. The van der Waals surface area contributed by atoms with E-state index in [0.29, 0.717) is 22.9 Å². The Morgan fingerprint density at radius 1 is 0.946 bits per heavy atom. The second kappa shape index (κ2) is 10.5. The maximum Gasteiger partial charge on any atom is 0.288 e. The van der Waals surface area contributed by atoms with Gasteiger partial charge in [0.2, 0.25) is 0 Å². The van der Waals surface area contributed by atoms with Crippen LogP contribution in [0.1, 0.15) is 36.8 Å². The Kier molecular flexibility index (Phi) is 6.87. The van der Waals surface area contributed by atoms with Gasteiger partial charge in [-0.05, 0) is 59.9 Å². The fraction of sp³-hybridized carbons (Fsp3) is 0.107. The van der Waals surface area contributed by atoms with E-state index < -0.39 is 11.9 Å². The second-order valence-electron chi connectivity index (χ2n) is 8.51. The van der Waals surface area contributed by atoms with Crippen molar-refractivity contribution in [2.45, 2.75) is 12.5 Å². The number of hydrogen-bond acceptors (Lipinski definition) is 5. The molecule has 1 aliphatic rings. The lowest BCUT2D eigenvalue weighted by Crippen LogP contribution is -2.53. The van der Waals surface area contributed by atoms with Gasteiger partial charge in [-0.2, -0.15) is 0 Å². The summed E-state index contributed by atoms with van der Waals surface area (Å²) in [4.78, 5) is 44.1. The van der Waals surface area contributed by atoms with Gasteiger partial charge in [0, 0.05) is 18.1 Å². The molecular weight excluding hydrogens is 486 g/mol. The maximum absolute atomic E-state index is 12.9. The van der Waals surface area contributed by atoms with Crippen LogP contribution in [0.15, 0.2) is 85.1 Å². The van der Waals surface area contributed by atoms with Gasteiger partial charge in [0.05, 0.1) is 17.2 Å². The van der Waals surface area contributed by atoms with E-state index in [0.717, 1.165) is 10.9 Å². The smallest absolute Gasteiger partial charge is 0.288 e. The minimum Gasteiger partial charge on any atom is -0.356 e. The molecule has 2 heterocycles. The SMILES string of the molecule is O=C(NNC(=S)N[C@H](Cc1ccccc1)CN1C(=O)c2ccccc2C1=O)c1nccc2c[c]ccc12. The molecule has 5 rings (SSSR count). The van der Waals surface area contributed by atoms with E-state index in [1.54, 1.807) is 54.7 Å². The monoisotopic (exact) mass is 508 g/mol. The minimum atomic E-state index is -0.457. The molecule has 1 atom stereocenters. The molecule has 8 nitrogen and oxygen atoms in total. The Balaban J connectivity index is 1.28. The number of nitrogens with one attached hydrogen (secondary N) is 3. The van der Waals surface area contributed by atoms with Crippen molar-refractivity contribution in [3.8, 4) is 0 Å². The molecule has 183 valence electrons. The van der Waals surface area contributed by atoms with Crippen LogP contribution in [0.2, 0.25) is 0 Å². The Hall–Kier alpha value is -4.63. The van der Waals surface area contributed by atoms with Gasteiger partial charge in [-0.25, -0.2) is 0 Å². The van der Waals surface area contributed by atoms with Crippen molar-refractivity contribution in [3.63, 3.8) is 0 Å². The molecule has 37 heavy (non-hydrogen) atoms. The van der Waals surface area contributed by atoms with Crippen LogP contribution in [-0.4, -0.2) is 45.3 Å². The van der Waals surface area contributed by atoms with Crippen LogP contribution in [0.25, 0.3) is 10.8 Å². The van der Waals surface area contributed by atoms with E-state index in [9.17, 15) is 14.4 Å². The lowest BCUT2D eigenvalue weighted by molar-refractivity contribution is 0.0641. The molecule has 0 saturated carbocycles. The third-order valence-electron chi connectivity index (χ3n) is 6.05. The third-order valence-corrected chi connectivity index (χ3v) is 6.27. The highest BCUT2D eigenvalue weighted by atomic mass is 32.1. The van der Waals surface area contributed by atoms with E-state index in [1.165, 1.54) is 4.90 Å². The largest absolute Gasteiger partial charge is 0.356 e. The van der Waals surface area contributed by atoms with Crippen LogP contribution in [0.4, 0.5) is 0 Å². The van der Waals surface area contributed by atoms with Crippen molar-refractivity contribution in [1.29, 1.82) is 0 Å². The minimum absolute atomic E-state index is 0.0956. The van der Waals surface area contributed by atoms with E-state index in [2.05, 4.69) is 27.2 Å². The second-order valence-corrected chi connectivity index (χ2v) is 8.92. The number of hydrogen-bond donors (Lipinski definition) is 3. The van der Waals surface area contributed by atoms with Gasteiger partial charge in [-0.1, -0.05) is 54.6 Å². The molecule has 0 aliphatic carbocycles. The summed E-state index contributed by atoms with van der Waals surface area (Å²) in [6.07, 6.45) is 2.05. The maximum atomic E-state index is 12.9. The zero-order chi connectivity index (χ0) is 25.8. The number of carbonyl (C=O) groups excluding carboxylic acids is 3. The van der Waals surface area contributed by atoms with Crippen molar-refractivity contribution in [3.05, 3.63) is 114 Å². The molecule has 0 unspecified atom stereocenters. The lowest BCUT2D eigenvalue weighted by Gasteiger charge is -2.25. The van der Waals surface area contributed by atoms with E-state index >= 15 is 0 Å². The zero-order valence-electron chi connectivity index (χ0n) is 19.6. The van der Waals surface area contributed by atoms with Crippen molar-refractivity contribution in [2.24, 2.45) is 0 Å². The van der Waals surface area contributed by atoms with Gasteiger partial charge in [0.1, 0.15) is 5.69 Å². The number of pyridine rings is 1. The number of rotatable bonds is 6. The third kappa shape index (κ3) is 5.17. The quantitative estimate of drug-likeness (QED) is 0.209. The van der Waals surface area contributed by atoms with Crippen molar-refractivity contribution in [2.75, 3.05) is 6.54 Å². The summed E-state index contributed by atoms with van der Waals surface area (Å²) in [5.74, 6) is -1.14. The molecule has 3 N–H and O–H groups in total. The summed E-state index contributed by atoms with van der Waals surface area (Å²) in [6, 6.07) is 26.1. The normalized spacial score (nSPS) is 13.2. The first kappa shape index (κ1) is 24.1. The molecule has 3 aromatic carbocycles. The standard InChI is InChI=1S/C28H22N5O3S/c34-25(24-21-11-5-4-10-19(21)14-15-29-24)31-32-28(37)30-20(16-18-8-2-1-3-9-18)17-33-26(35)22-12-6-7-13-23(22)27(33)36/h1-3,5-15,20H,16-17H2,(H,31,34)(H2,30,32,37)/t20-/m1/s1. The van der Waals surface area contributed by atoms with Crippen LogP contribution in [0, 0.1) is 6.07 Å². The van der Waals surface area contributed by atoms with Gasteiger partial charge >= 0.3 is 0 Å². The zero-order valence-corrected chi connectivity index (χ0v) is 20.4. The predicted octanol–water partition coefficient (Wildman–Crippen LogP) is 3.05. The summed E-state index contributed by atoms with van der Waals surface area (Å²) in [5.41, 5.74) is 7.30. The van der Waals surface area contributed by atoms with Crippen LogP contribution < -0.4 is 16.2 Å². The van der Waals surface area contributed by atoms with Gasteiger partial charge in [0.15, 0.2) is 5.11 Å². The molecule has 0 saturated heterocycles. The Morgan fingerprint density at radius 2 is 1.65 bits per heavy atom. The van der Waals surface area contributed by atoms with E-state index in [-0.39, 0.29) is 29.2 Å². The first-order valence-electron chi connectivity index (χ1n) is 11.6. The fourth-order valence-electron chi connectivity index (χ4n) is 4.32. The molecule has 0 bridgehead atoms. The number of amides is 3. The summed E-state index contributed by atoms with van der Waals surface area (Å²) in [6.45, 7) is 0.0956. The van der Waals surface area contributed by atoms with Crippen molar-refractivity contribution in [1.82, 2.24) is 26.1 Å². The highest BCUT2D eigenvalue weighted by Gasteiger charge is 2.36. The topological polar surface area (TPSA) is 103 Å². The number of thiocarbonyl (C=S) groups is 1. The number of carbonyl (C=O) groups is 3. The molecule has 1 radical (unpaired) electrons. The molecule has 1 aliphatic heterocycles. The van der Waals surface area contributed by atoms with Crippen molar-refractivity contribution < 1.29 is 14.4 Å². The Bertz CT molecular complexity index is 1470. The lowest BCUT2D eigenvalue weighted by atomic mass is 10.1. The molecular formula is C28H22N5O3S. The molecule has 3 amide bonds.